The van der Waals surface area contributed by atoms with Crippen LogP contribution >= 0.6 is 0 Å². The molecule has 0 radical (unpaired) electrons. The third-order valence-electron chi connectivity index (χ3n) is 1.90. The Morgan fingerprint density at radius 3 is 2.69 bits per heavy atom. The van der Waals surface area contributed by atoms with Crippen molar-refractivity contribution in [3.05, 3.63) is 33.9 Å². The summed E-state index contributed by atoms with van der Waals surface area (Å²) in [5.74, 6) is 0.712. The van der Waals surface area contributed by atoms with Crippen molar-refractivity contribution in [2.24, 2.45) is 5.92 Å². The van der Waals surface area contributed by atoms with Gasteiger partial charge in [0.15, 0.2) is 6.29 Å². The van der Waals surface area contributed by atoms with Crippen LogP contribution in [0.1, 0.15) is 24.2 Å². The number of ether oxygens (including phenoxy) is 1. The fourth-order valence-electron chi connectivity index (χ4n) is 1.13. The van der Waals surface area contributed by atoms with E-state index < -0.39 is 4.92 Å². The van der Waals surface area contributed by atoms with Gasteiger partial charge >= 0.3 is 0 Å². The zero-order chi connectivity index (χ0) is 12.1. The lowest BCUT2D eigenvalue weighted by molar-refractivity contribution is -0.384. The quantitative estimate of drug-likeness (QED) is 0.436. The predicted molar refractivity (Wildman–Crippen MR) is 58.8 cm³/mol. The van der Waals surface area contributed by atoms with Gasteiger partial charge in [-0.3, -0.25) is 14.9 Å². The highest BCUT2D eigenvalue weighted by atomic mass is 16.6. The maximum absolute atomic E-state index is 10.7. The molecule has 1 aromatic rings. The van der Waals surface area contributed by atoms with E-state index in [9.17, 15) is 14.9 Å². The fraction of sp³-hybridized carbons (Fsp3) is 0.364. The Balaban J connectivity index is 2.93. The molecule has 1 aromatic carbocycles. The van der Waals surface area contributed by atoms with Crippen molar-refractivity contribution in [2.45, 2.75) is 13.8 Å². The van der Waals surface area contributed by atoms with E-state index in [0.29, 0.717) is 24.6 Å². The molecule has 16 heavy (non-hydrogen) atoms. The molecule has 0 amide bonds. The second-order valence-corrected chi connectivity index (χ2v) is 3.80. The summed E-state index contributed by atoms with van der Waals surface area (Å²) >= 11 is 0. The molecule has 0 saturated heterocycles. The number of carbonyl (C=O) groups is 1. The summed E-state index contributed by atoms with van der Waals surface area (Å²) in [5, 5.41) is 10.5. The Morgan fingerprint density at radius 2 is 2.19 bits per heavy atom. The van der Waals surface area contributed by atoms with Crippen molar-refractivity contribution in [3.8, 4) is 5.75 Å². The summed E-state index contributed by atoms with van der Waals surface area (Å²) < 4.78 is 5.37. The summed E-state index contributed by atoms with van der Waals surface area (Å²) in [6.07, 6.45) is 0.558. The topological polar surface area (TPSA) is 69.4 Å². The Bertz CT molecular complexity index is 401. The maximum atomic E-state index is 10.7. The monoisotopic (exact) mass is 223 g/mol. The molecule has 86 valence electrons. The lowest BCUT2D eigenvalue weighted by atomic mass is 10.2. The van der Waals surface area contributed by atoms with Crippen molar-refractivity contribution in [2.75, 3.05) is 6.61 Å². The van der Waals surface area contributed by atoms with Crippen LogP contribution in [0.15, 0.2) is 18.2 Å². The zero-order valence-electron chi connectivity index (χ0n) is 9.17. The van der Waals surface area contributed by atoms with Gasteiger partial charge in [-0.1, -0.05) is 13.8 Å². The lowest BCUT2D eigenvalue weighted by Crippen LogP contribution is -2.06. The number of carbonyl (C=O) groups excluding carboxylic acids is 1. The smallest absolute Gasteiger partial charge is 0.270 e. The van der Waals surface area contributed by atoms with E-state index in [1.807, 2.05) is 13.8 Å². The highest BCUT2D eigenvalue weighted by molar-refractivity contribution is 5.80. The minimum absolute atomic E-state index is 0.112. The first-order valence-corrected chi connectivity index (χ1v) is 4.91. The molecule has 0 spiro atoms. The number of nitrogens with zero attached hydrogens (tertiary/aromatic N) is 1. The average Bonchev–Trinajstić information content (AvgIpc) is 2.25. The van der Waals surface area contributed by atoms with Crippen molar-refractivity contribution in [3.63, 3.8) is 0 Å². The van der Waals surface area contributed by atoms with Crippen LogP contribution in [0, 0.1) is 16.0 Å². The lowest BCUT2D eigenvalue weighted by Gasteiger charge is -2.09. The Kier molecular flexibility index (Phi) is 3.99. The summed E-state index contributed by atoms with van der Waals surface area (Å²) in [6, 6.07) is 3.98. The van der Waals surface area contributed by atoms with Crippen LogP contribution in [0.3, 0.4) is 0 Å². The van der Waals surface area contributed by atoms with Crippen molar-refractivity contribution in [1.29, 1.82) is 0 Å². The van der Waals surface area contributed by atoms with Crippen LogP contribution in [0.25, 0.3) is 0 Å². The average molecular weight is 223 g/mol. The number of aldehydes is 1. The molecule has 0 heterocycles. The van der Waals surface area contributed by atoms with Crippen LogP contribution in [-0.2, 0) is 0 Å². The summed E-state index contributed by atoms with van der Waals surface area (Å²) in [4.78, 5) is 20.7. The number of non-ortho nitro benzene ring substituents is 1. The van der Waals surface area contributed by atoms with Crippen LogP contribution in [0.2, 0.25) is 0 Å². The molecule has 0 aliphatic heterocycles. The first-order valence-electron chi connectivity index (χ1n) is 4.91. The Labute approximate surface area is 93.2 Å². The highest BCUT2D eigenvalue weighted by Crippen LogP contribution is 2.23. The molecule has 0 bridgehead atoms. The fourth-order valence-corrected chi connectivity index (χ4v) is 1.13. The molecule has 1 rings (SSSR count). The number of benzene rings is 1. The summed E-state index contributed by atoms with van der Waals surface area (Å²) in [6.45, 7) is 4.43. The van der Waals surface area contributed by atoms with Gasteiger partial charge in [-0.25, -0.2) is 0 Å². The maximum Gasteiger partial charge on any atom is 0.270 e. The minimum atomic E-state index is -0.542. The van der Waals surface area contributed by atoms with Gasteiger partial charge in [0.1, 0.15) is 5.75 Å². The molecule has 0 N–H and O–H groups in total. The van der Waals surface area contributed by atoms with E-state index in [2.05, 4.69) is 0 Å². The largest absolute Gasteiger partial charge is 0.493 e. The zero-order valence-corrected chi connectivity index (χ0v) is 9.17. The van der Waals surface area contributed by atoms with E-state index in [-0.39, 0.29) is 11.3 Å². The number of rotatable bonds is 5. The van der Waals surface area contributed by atoms with Gasteiger partial charge in [0.2, 0.25) is 0 Å². The van der Waals surface area contributed by atoms with Gasteiger partial charge in [-0.2, -0.15) is 0 Å². The molecule has 0 aliphatic rings. The second kappa shape index (κ2) is 5.25. The molecule has 0 aliphatic carbocycles. The molecule has 5 heteroatoms. The van der Waals surface area contributed by atoms with Crippen molar-refractivity contribution < 1.29 is 14.5 Å². The van der Waals surface area contributed by atoms with Gasteiger partial charge in [-0.05, 0) is 12.0 Å². The highest BCUT2D eigenvalue weighted by Gasteiger charge is 2.11. The number of nitro benzene ring substituents is 1. The molecule has 0 atom stereocenters. The summed E-state index contributed by atoms with van der Waals surface area (Å²) in [5.41, 5.74) is 0.0915. The van der Waals surface area contributed by atoms with Gasteiger partial charge < -0.3 is 4.74 Å². The number of hydrogen-bond acceptors (Lipinski definition) is 4. The molecule has 0 saturated carbocycles. The van der Waals surface area contributed by atoms with Crippen LogP contribution in [-0.4, -0.2) is 17.8 Å². The van der Waals surface area contributed by atoms with E-state index in [4.69, 9.17) is 4.74 Å². The van der Waals surface area contributed by atoms with Gasteiger partial charge in [0, 0.05) is 12.1 Å². The van der Waals surface area contributed by atoms with E-state index in [0.717, 1.165) is 0 Å². The molecule has 5 nitrogen and oxygen atoms in total. The molecule has 0 unspecified atom stereocenters. The third kappa shape index (κ3) is 3.05. The van der Waals surface area contributed by atoms with E-state index >= 15 is 0 Å². The van der Waals surface area contributed by atoms with Gasteiger partial charge in [-0.15, -0.1) is 0 Å². The van der Waals surface area contributed by atoms with Crippen LogP contribution < -0.4 is 4.74 Å². The normalized spacial score (nSPS) is 10.2. The number of hydrogen-bond donors (Lipinski definition) is 0. The Hall–Kier alpha value is -1.91. The van der Waals surface area contributed by atoms with Crippen LogP contribution in [0.5, 0.6) is 5.75 Å². The van der Waals surface area contributed by atoms with Crippen molar-refractivity contribution >= 4 is 12.0 Å². The van der Waals surface area contributed by atoms with E-state index in [1.54, 1.807) is 0 Å². The number of nitro groups is 1. The molecule has 0 fully saturated rings. The molecular weight excluding hydrogens is 210 g/mol. The van der Waals surface area contributed by atoms with E-state index in [1.165, 1.54) is 18.2 Å². The van der Waals surface area contributed by atoms with Crippen LogP contribution in [0.4, 0.5) is 5.69 Å². The van der Waals surface area contributed by atoms with Gasteiger partial charge in [0.25, 0.3) is 5.69 Å². The SMILES string of the molecule is CC(C)COc1ccc([N+](=O)[O-])cc1C=O. The summed E-state index contributed by atoms with van der Waals surface area (Å²) in [7, 11) is 0. The first-order chi connectivity index (χ1) is 7.54. The third-order valence-corrected chi connectivity index (χ3v) is 1.90. The van der Waals surface area contributed by atoms with Gasteiger partial charge in [0.05, 0.1) is 17.1 Å². The predicted octanol–water partition coefficient (Wildman–Crippen LogP) is 2.44. The molecular formula is C11H13NO4. The standard InChI is InChI=1S/C11H13NO4/c1-8(2)7-16-11-4-3-10(12(14)15)5-9(11)6-13/h3-6,8H,7H2,1-2H3. The van der Waals surface area contributed by atoms with Crippen molar-refractivity contribution in [1.82, 2.24) is 0 Å². The minimum Gasteiger partial charge on any atom is -0.493 e. The first kappa shape index (κ1) is 12.2. The Morgan fingerprint density at radius 1 is 1.50 bits per heavy atom. The second-order valence-electron chi connectivity index (χ2n) is 3.80. The molecule has 0 aromatic heterocycles.